The third-order valence-corrected chi connectivity index (χ3v) is 3.74. The summed E-state index contributed by atoms with van der Waals surface area (Å²) in [5.41, 5.74) is 2.60. The van der Waals surface area contributed by atoms with Gasteiger partial charge in [0, 0.05) is 47.8 Å². The number of aliphatic imine (C=N–C) groups is 1. The quantitative estimate of drug-likeness (QED) is 0.415. The van der Waals surface area contributed by atoms with E-state index in [-0.39, 0.29) is 24.0 Å². The molecular formula is C17H29IN4O. The fraction of sp³-hybridized carbons (Fsp3) is 0.588. The number of benzene rings is 1. The van der Waals surface area contributed by atoms with Gasteiger partial charge in [-0.3, -0.25) is 4.90 Å². The summed E-state index contributed by atoms with van der Waals surface area (Å²) in [4.78, 5) is 11.2. The van der Waals surface area contributed by atoms with Crippen LogP contribution in [-0.2, 0) is 17.8 Å². The number of hydrogen-bond acceptors (Lipinski definition) is 3. The Morgan fingerprint density at radius 2 is 1.52 bits per heavy atom. The lowest BCUT2D eigenvalue weighted by Gasteiger charge is -2.26. The number of halogens is 1. The Kier molecular flexibility index (Phi) is 8.86. The normalized spacial score (nSPS) is 14.8. The monoisotopic (exact) mass is 432 g/mol. The van der Waals surface area contributed by atoms with Crippen molar-refractivity contribution in [2.24, 2.45) is 4.99 Å². The standard InChI is InChI=1S/C17H28N4O.HI/c1-19(2)17(20(3)4)18-13-15-5-7-16(8-6-15)14-21-9-11-22-12-10-21;/h5-8H,9-14H2,1-4H3;1H. The summed E-state index contributed by atoms with van der Waals surface area (Å²) >= 11 is 0. The molecule has 23 heavy (non-hydrogen) atoms. The van der Waals surface area contributed by atoms with Crippen LogP contribution in [0.25, 0.3) is 0 Å². The van der Waals surface area contributed by atoms with Crippen molar-refractivity contribution >= 4 is 29.9 Å². The zero-order valence-corrected chi connectivity index (χ0v) is 17.0. The van der Waals surface area contributed by atoms with E-state index in [4.69, 9.17) is 4.74 Å². The van der Waals surface area contributed by atoms with Gasteiger partial charge in [0.15, 0.2) is 5.96 Å². The molecular weight excluding hydrogens is 403 g/mol. The highest BCUT2D eigenvalue weighted by atomic mass is 127. The molecule has 1 heterocycles. The molecule has 0 N–H and O–H groups in total. The highest BCUT2D eigenvalue weighted by Gasteiger charge is 2.10. The molecule has 1 aromatic rings. The first-order chi connectivity index (χ1) is 10.6. The Morgan fingerprint density at radius 1 is 1.00 bits per heavy atom. The second-order valence-electron chi connectivity index (χ2n) is 6.11. The molecule has 1 aliphatic rings. The van der Waals surface area contributed by atoms with Gasteiger partial charge in [-0.25, -0.2) is 4.99 Å². The third kappa shape index (κ3) is 6.64. The van der Waals surface area contributed by atoms with Crippen LogP contribution < -0.4 is 0 Å². The number of rotatable bonds is 4. The summed E-state index contributed by atoms with van der Waals surface area (Å²) in [7, 11) is 8.07. The van der Waals surface area contributed by atoms with E-state index >= 15 is 0 Å². The Morgan fingerprint density at radius 3 is 2.04 bits per heavy atom. The lowest BCUT2D eigenvalue weighted by molar-refractivity contribution is 0.0342. The smallest absolute Gasteiger partial charge is 0.195 e. The molecule has 0 radical (unpaired) electrons. The molecule has 0 aromatic heterocycles. The molecule has 2 rings (SSSR count). The lowest BCUT2D eigenvalue weighted by atomic mass is 10.1. The summed E-state index contributed by atoms with van der Waals surface area (Å²) in [6, 6.07) is 8.79. The first-order valence-corrected chi connectivity index (χ1v) is 7.83. The minimum absolute atomic E-state index is 0. The van der Waals surface area contributed by atoms with E-state index in [2.05, 4.69) is 34.2 Å². The third-order valence-electron chi connectivity index (χ3n) is 3.74. The van der Waals surface area contributed by atoms with Gasteiger partial charge in [0.1, 0.15) is 0 Å². The number of hydrogen-bond donors (Lipinski definition) is 0. The maximum absolute atomic E-state index is 5.39. The molecule has 1 aromatic carbocycles. The van der Waals surface area contributed by atoms with Gasteiger partial charge >= 0.3 is 0 Å². The van der Waals surface area contributed by atoms with Crippen molar-refractivity contribution in [1.82, 2.24) is 14.7 Å². The van der Waals surface area contributed by atoms with Crippen molar-refractivity contribution < 1.29 is 4.74 Å². The average molecular weight is 432 g/mol. The van der Waals surface area contributed by atoms with E-state index in [1.54, 1.807) is 0 Å². The van der Waals surface area contributed by atoms with E-state index in [9.17, 15) is 0 Å². The molecule has 130 valence electrons. The Labute approximate surface area is 157 Å². The molecule has 0 atom stereocenters. The zero-order chi connectivity index (χ0) is 15.9. The predicted molar refractivity (Wildman–Crippen MR) is 106 cm³/mol. The van der Waals surface area contributed by atoms with E-state index in [1.165, 1.54) is 11.1 Å². The highest BCUT2D eigenvalue weighted by molar-refractivity contribution is 14.0. The van der Waals surface area contributed by atoms with Crippen molar-refractivity contribution in [3.05, 3.63) is 35.4 Å². The van der Waals surface area contributed by atoms with Gasteiger partial charge in [0.2, 0.25) is 0 Å². The van der Waals surface area contributed by atoms with Crippen LogP contribution in [0.5, 0.6) is 0 Å². The van der Waals surface area contributed by atoms with Gasteiger partial charge in [-0.15, -0.1) is 24.0 Å². The average Bonchev–Trinajstić information content (AvgIpc) is 2.49. The van der Waals surface area contributed by atoms with Crippen molar-refractivity contribution in [2.45, 2.75) is 13.1 Å². The summed E-state index contributed by atoms with van der Waals surface area (Å²) in [6.07, 6.45) is 0. The molecule has 5 nitrogen and oxygen atoms in total. The summed E-state index contributed by atoms with van der Waals surface area (Å²) in [6.45, 7) is 5.48. The molecule has 1 saturated heterocycles. The van der Waals surface area contributed by atoms with E-state index in [0.29, 0.717) is 6.54 Å². The van der Waals surface area contributed by atoms with Crippen LogP contribution in [0.1, 0.15) is 11.1 Å². The van der Waals surface area contributed by atoms with Gasteiger partial charge < -0.3 is 14.5 Å². The van der Waals surface area contributed by atoms with Crippen molar-refractivity contribution in [3.63, 3.8) is 0 Å². The Hall–Kier alpha value is -0.860. The van der Waals surface area contributed by atoms with Crippen LogP contribution in [-0.4, -0.2) is 75.2 Å². The van der Waals surface area contributed by atoms with Crippen LogP contribution in [0.15, 0.2) is 29.3 Å². The topological polar surface area (TPSA) is 31.3 Å². The minimum Gasteiger partial charge on any atom is -0.379 e. The SMILES string of the molecule is CN(C)C(=NCc1ccc(CN2CCOCC2)cc1)N(C)C.I. The van der Waals surface area contributed by atoms with E-state index in [1.807, 2.05) is 38.0 Å². The lowest BCUT2D eigenvalue weighted by Crippen LogP contribution is -2.35. The Bertz CT molecular complexity index is 472. The van der Waals surface area contributed by atoms with Crippen LogP contribution >= 0.6 is 24.0 Å². The molecule has 6 heteroatoms. The molecule has 0 unspecified atom stereocenters. The summed E-state index contributed by atoms with van der Waals surface area (Å²) < 4.78 is 5.39. The maximum Gasteiger partial charge on any atom is 0.195 e. The molecule has 0 spiro atoms. The largest absolute Gasteiger partial charge is 0.379 e. The van der Waals surface area contributed by atoms with Gasteiger partial charge in [0.25, 0.3) is 0 Å². The van der Waals surface area contributed by atoms with Gasteiger partial charge in [-0.05, 0) is 11.1 Å². The van der Waals surface area contributed by atoms with Crippen LogP contribution in [0.3, 0.4) is 0 Å². The predicted octanol–water partition coefficient (Wildman–Crippen LogP) is 2.12. The van der Waals surface area contributed by atoms with Crippen LogP contribution in [0.2, 0.25) is 0 Å². The zero-order valence-electron chi connectivity index (χ0n) is 14.7. The molecule has 1 aliphatic heterocycles. The highest BCUT2D eigenvalue weighted by Crippen LogP contribution is 2.10. The number of ether oxygens (including phenoxy) is 1. The van der Waals surface area contributed by atoms with Crippen molar-refractivity contribution in [1.29, 1.82) is 0 Å². The fourth-order valence-corrected chi connectivity index (χ4v) is 2.61. The second kappa shape index (κ2) is 10.1. The molecule has 0 aliphatic carbocycles. The maximum atomic E-state index is 5.39. The number of morpholine rings is 1. The molecule has 0 saturated carbocycles. The van der Waals surface area contributed by atoms with Crippen LogP contribution in [0, 0.1) is 0 Å². The molecule has 0 amide bonds. The first-order valence-electron chi connectivity index (χ1n) is 7.83. The number of guanidine groups is 1. The van der Waals surface area contributed by atoms with Gasteiger partial charge in [-0.2, -0.15) is 0 Å². The minimum atomic E-state index is 0. The first kappa shape index (κ1) is 20.2. The molecule has 0 bridgehead atoms. The van der Waals surface area contributed by atoms with E-state index in [0.717, 1.165) is 38.8 Å². The van der Waals surface area contributed by atoms with Crippen LogP contribution in [0.4, 0.5) is 0 Å². The summed E-state index contributed by atoms with van der Waals surface area (Å²) in [5.74, 6) is 0.984. The fourth-order valence-electron chi connectivity index (χ4n) is 2.61. The molecule has 1 fully saturated rings. The van der Waals surface area contributed by atoms with Gasteiger partial charge in [-0.1, -0.05) is 24.3 Å². The van der Waals surface area contributed by atoms with E-state index < -0.39 is 0 Å². The van der Waals surface area contributed by atoms with Crippen molar-refractivity contribution in [3.8, 4) is 0 Å². The van der Waals surface area contributed by atoms with Gasteiger partial charge in [0.05, 0.1) is 19.8 Å². The second-order valence-corrected chi connectivity index (χ2v) is 6.11. The van der Waals surface area contributed by atoms with Crippen molar-refractivity contribution in [2.75, 3.05) is 54.5 Å². The summed E-state index contributed by atoms with van der Waals surface area (Å²) in [5, 5.41) is 0. The number of nitrogens with zero attached hydrogens (tertiary/aromatic N) is 4. The Balaban J connectivity index is 0.00000264.